The molecule has 0 aliphatic rings. The number of nitrogens with zero attached hydrogens (tertiary/aromatic N) is 1. The van der Waals surface area contributed by atoms with Gasteiger partial charge in [-0.1, -0.05) is 0 Å². The Hall–Kier alpha value is -1.23. The molecule has 0 fully saturated rings. The zero-order valence-electron chi connectivity index (χ0n) is 8.57. The lowest BCUT2D eigenvalue weighted by molar-refractivity contribution is -0.125. The van der Waals surface area contributed by atoms with Gasteiger partial charge in [0, 0.05) is 19.0 Å². The second-order valence-corrected chi connectivity index (χ2v) is 4.68. The van der Waals surface area contributed by atoms with Crippen LogP contribution in [-0.2, 0) is 15.6 Å². The van der Waals surface area contributed by atoms with Crippen LogP contribution in [0.5, 0.6) is 0 Å². The van der Waals surface area contributed by atoms with Crippen molar-refractivity contribution in [2.45, 2.75) is 4.90 Å². The van der Waals surface area contributed by atoms with Gasteiger partial charge in [0.05, 0.1) is 10.8 Å². The predicted molar refractivity (Wildman–Crippen MR) is 56.4 cm³/mol. The van der Waals surface area contributed by atoms with Crippen molar-refractivity contribution in [1.29, 1.82) is 0 Å². The molecule has 0 aliphatic heterocycles. The number of rotatable bonds is 3. The minimum Gasteiger partial charge on any atom is -0.348 e. The Morgan fingerprint density at radius 3 is 2.33 bits per heavy atom. The number of halogens is 1. The standard InChI is InChI=1S/C10H12FNO2S/c1-12(2)10(13)7-15(14)9-5-3-8(11)4-6-9/h3-6H,7H2,1-2H3. The van der Waals surface area contributed by atoms with E-state index in [0.29, 0.717) is 4.90 Å². The third-order valence-electron chi connectivity index (χ3n) is 1.83. The monoisotopic (exact) mass is 229 g/mol. The Kier molecular flexibility index (Phi) is 3.96. The third kappa shape index (κ3) is 3.43. The molecule has 5 heteroatoms. The van der Waals surface area contributed by atoms with Gasteiger partial charge in [-0.15, -0.1) is 0 Å². The van der Waals surface area contributed by atoms with Crippen molar-refractivity contribution >= 4 is 16.7 Å². The van der Waals surface area contributed by atoms with Gasteiger partial charge in [-0.3, -0.25) is 9.00 Å². The van der Waals surface area contributed by atoms with Gasteiger partial charge in [0.25, 0.3) is 0 Å². The van der Waals surface area contributed by atoms with Crippen LogP contribution in [0, 0.1) is 5.82 Å². The lowest BCUT2D eigenvalue weighted by Crippen LogP contribution is -2.26. The van der Waals surface area contributed by atoms with Crippen molar-refractivity contribution in [1.82, 2.24) is 4.90 Å². The Morgan fingerprint density at radius 1 is 1.33 bits per heavy atom. The fourth-order valence-corrected chi connectivity index (χ4v) is 2.00. The molecule has 1 amide bonds. The Bertz CT molecular complexity index is 376. The first kappa shape index (κ1) is 11.8. The van der Waals surface area contributed by atoms with E-state index in [2.05, 4.69) is 0 Å². The van der Waals surface area contributed by atoms with Crippen molar-refractivity contribution in [3.63, 3.8) is 0 Å². The number of carbonyl (C=O) groups excluding carboxylic acids is 1. The predicted octanol–water partition coefficient (Wildman–Crippen LogP) is 1.02. The van der Waals surface area contributed by atoms with E-state index >= 15 is 0 Å². The Morgan fingerprint density at radius 2 is 1.87 bits per heavy atom. The summed E-state index contributed by atoms with van der Waals surface area (Å²) in [5.41, 5.74) is 0. The summed E-state index contributed by atoms with van der Waals surface area (Å²) in [6, 6.07) is 5.31. The zero-order valence-corrected chi connectivity index (χ0v) is 9.38. The first-order chi connectivity index (χ1) is 7.00. The molecule has 0 aromatic heterocycles. The molecular formula is C10H12FNO2S. The second kappa shape index (κ2) is 5.02. The Labute approximate surface area is 90.4 Å². The van der Waals surface area contributed by atoms with E-state index in [4.69, 9.17) is 0 Å². The fourth-order valence-electron chi connectivity index (χ4n) is 0.911. The van der Waals surface area contributed by atoms with Crippen molar-refractivity contribution in [2.24, 2.45) is 0 Å². The summed E-state index contributed by atoms with van der Waals surface area (Å²) in [5.74, 6) is -0.661. The molecule has 0 aliphatic carbocycles. The maximum Gasteiger partial charge on any atom is 0.235 e. The molecule has 1 aromatic carbocycles. The SMILES string of the molecule is CN(C)C(=O)CS(=O)c1ccc(F)cc1. The summed E-state index contributed by atoms with van der Waals surface area (Å²) in [6.45, 7) is 0. The van der Waals surface area contributed by atoms with Crippen molar-refractivity contribution in [2.75, 3.05) is 19.8 Å². The number of benzene rings is 1. The van der Waals surface area contributed by atoms with Crippen molar-refractivity contribution in [3.05, 3.63) is 30.1 Å². The first-order valence-electron chi connectivity index (χ1n) is 4.35. The van der Waals surface area contributed by atoms with Crippen LogP contribution >= 0.6 is 0 Å². The Balaban J connectivity index is 2.69. The van der Waals surface area contributed by atoms with Crippen LogP contribution in [0.3, 0.4) is 0 Å². The average molecular weight is 229 g/mol. The molecule has 1 aromatic rings. The molecule has 1 unspecified atom stereocenters. The summed E-state index contributed by atoms with van der Waals surface area (Å²) in [7, 11) is 1.80. The lowest BCUT2D eigenvalue weighted by Gasteiger charge is -2.09. The van der Waals surface area contributed by atoms with E-state index in [-0.39, 0.29) is 17.5 Å². The van der Waals surface area contributed by atoms with Gasteiger partial charge >= 0.3 is 0 Å². The van der Waals surface area contributed by atoms with E-state index in [9.17, 15) is 13.4 Å². The smallest absolute Gasteiger partial charge is 0.235 e. The van der Waals surface area contributed by atoms with Gasteiger partial charge < -0.3 is 4.90 Å². The molecule has 82 valence electrons. The van der Waals surface area contributed by atoms with E-state index < -0.39 is 10.8 Å². The largest absolute Gasteiger partial charge is 0.348 e. The number of carbonyl (C=O) groups is 1. The van der Waals surface area contributed by atoms with Crippen molar-refractivity contribution < 1.29 is 13.4 Å². The number of hydrogen-bond acceptors (Lipinski definition) is 2. The molecule has 0 heterocycles. The molecule has 0 spiro atoms. The summed E-state index contributed by atoms with van der Waals surface area (Å²) < 4.78 is 24.2. The van der Waals surface area contributed by atoms with Gasteiger partial charge in [0.2, 0.25) is 5.91 Å². The summed E-state index contributed by atoms with van der Waals surface area (Å²) in [4.78, 5) is 13.1. The summed E-state index contributed by atoms with van der Waals surface area (Å²) >= 11 is 0. The van der Waals surface area contributed by atoms with Crippen LogP contribution in [0.1, 0.15) is 0 Å². The molecule has 1 rings (SSSR count). The van der Waals surface area contributed by atoms with Crippen LogP contribution in [0.4, 0.5) is 4.39 Å². The zero-order chi connectivity index (χ0) is 11.4. The lowest BCUT2D eigenvalue weighted by atomic mass is 10.4. The number of hydrogen-bond donors (Lipinski definition) is 0. The summed E-state index contributed by atoms with van der Waals surface area (Å²) in [5, 5.41) is 0. The minimum atomic E-state index is -1.40. The maximum absolute atomic E-state index is 12.6. The molecule has 1 atom stereocenters. The highest BCUT2D eigenvalue weighted by Gasteiger charge is 2.11. The maximum atomic E-state index is 12.6. The molecule has 15 heavy (non-hydrogen) atoms. The topological polar surface area (TPSA) is 37.4 Å². The molecular weight excluding hydrogens is 217 g/mol. The van der Waals surface area contributed by atoms with E-state index in [1.807, 2.05) is 0 Å². The molecule has 0 radical (unpaired) electrons. The average Bonchev–Trinajstić information content (AvgIpc) is 2.18. The normalized spacial score (nSPS) is 12.2. The minimum absolute atomic E-state index is 0.0708. The van der Waals surface area contributed by atoms with Crippen LogP contribution in [0.2, 0.25) is 0 Å². The van der Waals surface area contributed by atoms with Gasteiger partial charge in [-0.25, -0.2) is 4.39 Å². The third-order valence-corrected chi connectivity index (χ3v) is 3.14. The van der Waals surface area contributed by atoms with Crippen LogP contribution in [0.15, 0.2) is 29.2 Å². The first-order valence-corrected chi connectivity index (χ1v) is 5.66. The van der Waals surface area contributed by atoms with Gasteiger partial charge in [-0.2, -0.15) is 0 Å². The molecule has 0 saturated carbocycles. The molecule has 0 N–H and O–H groups in total. The highest BCUT2D eigenvalue weighted by molar-refractivity contribution is 7.85. The molecule has 3 nitrogen and oxygen atoms in total. The highest BCUT2D eigenvalue weighted by Crippen LogP contribution is 2.08. The van der Waals surface area contributed by atoms with Crippen LogP contribution in [0.25, 0.3) is 0 Å². The van der Waals surface area contributed by atoms with E-state index in [1.165, 1.54) is 29.2 Å². The fraction of sp³-hybridized carbons (Fsp3) is 0.300. The highest BCUT2D eigenvalue weighted by atomic mass is 32.2. The van der Waals surface area contributed by atoms with Crippen LogP contribution < -0.4 is 0 Å². The van der Waals surface area contributed by atoms with Gasteiger partial charge in [-0.05, 0) is 24.3 Å². The summed E-state index contributed by atoms with van der Waals surface area (Å²) in [6.07, 6.45) is 0. The molecule has 0 bridgehead atoms. The van der Waals surface area contributed by atoms with Gasteiger partial charge in [0.15, 0.2) is 0 Å². The van der Waals surface area contributed by atoms with Crippen LogP contribution in [-0.4, -0.2) is 34.9 Å². The number of amides is 1. The van der Waals surface area contributed by atoms with E-state index in [0.717, 1.165) is 0 Å². The van der Waals surface area contributed by atoms with Crippen molar-refractivity contribution in [3.8, 4) is 0 Å². The van der Waals surface area contributed by atoms with Gasteiger partial charge in [0.1, 0.15) is 11.6 Å². The molecule has 0 saturated heterocycles. The second-order valence-electron chi connectivity index (χ2n) is 3.23. The van der Waals surface area contributed by atoms with E-state index in [1.54, 1.807) is 14.1 Å². The quantitative estimate of drug-likeness (QED) is 0.776.